The second kappa shape index (κ2) is 3.71. The van der Waals surface area contributed by atoms with Gasteiger partial charge >= 0.3 is 5.97 Å². The summed E-state index contributed by atoms with van der Waals surface area (Å²) in [6.07, 6.45) is 0.560. The molecule has 0 spiro atoms. The van der Waals surface area contributed by atoms with E-state index in [0.717, 1.165) is 10.0 Å². The number of halogens is 1. The Morgan fingerprint density at radius 1 is 1.57 bits per heavy atom. The molecule has 1 unspecified atom stereocenters. The highest BCUT2D eigenvalue weighted by Gasteiger charge is 2.24. The van der Waals surface area contributed by atoms with Crippen molar-refractivity contribution in [2.45, 2.75) is 19.0 Å². The fourth-order valence-electron chi connectivity index (χ4n) is 1.68. The van der Waals surface area contributed by atoms with Gasteiger partial charge < -0.3 is 5.11 Å². The maximum absolute atomic E-state index is 10.8. The number of carboxylic acids is 1. The third-order valence-electron chi connectivity index (χ3n) is 2.46. The first kappa shape index (κ1) is 9.68. The molecule has 1 heterocycles. The van der Waals surface area contributed by atoms with Gasteiger partial charge in [0.25, 0.3) is 0 Å². The zero-order chi connectivity index (χ0) is 10.1. The Hall–Kier alpha value is -0.870. The number of carboxylic acid groups (broad SMARTS) is 1. The molecular formula is C10H10BrNO2. The topological polar surface area (TPSA) is 49.3 Å². The van der Waals surface area contributed by atoms with Crippen LogP contribution in [0.25, 0.3) is 0 Å². The molecule has 2 rings (SSSR count). The van der Waals surface area contributed by atoms with Crippen LogP contribution in [0.2, 0.25) is 0 Å². The van der Waals surface area contributed by atoms with Gasteiger partial charge in [0, 0.05) is 11.0 Å². The highest BCUT2D eigenvalue weighted by molar-refractivity contribution is 9.10. The van der Waals surface area contributed by atoms with Gasteiger partial charge in [0.2, 0.25) is 0 Å². The van der Waals surface area contributed by atoms with E-state index in [-0.39, 0.29) is 0 Å². The molecule has 1 aliphatic rings. The third-order valence-corrected chi connectivity index (χ3v) is 3.21. The second-order valence-electron chi connectivity index (χ2n) is 3.35. The van der Waals surface area contributed by atoms with E-state index in [1.165, 1.54) is 5.56 Å². The van der Waals surface area contributed by atoms with E-state index in [1.54, 1.807) is 0 Å². The van der Waals surface area contributed by atoms with Gasteiger partial charge in [-0.3, -0.25) is 10.1 Å². The van der Waals surface area contributed by atoms with Crippen LogP contribution in [-0.2, 0) is 17.8 Å². The quantitative estimate of drug-likeness (QED) is 0.801. The number of rotatable bonds is 1. The van der Waals surface area contributed by atoms with Crippen molar-refractivity contribution in [2.24, 2.45) is 0 Å². The van der Waals surface area contributed by atoms with Gasteiger partial charge in [0.1, 0.15) is 6.04 Å². The van der Waals surface area contributed by atoms with Crippen LogP contribution in [0.1, 0.15) is 11.1 Å². The van der Waals surface area contributed by atoms with Gasteiger partial charge in [-0.05, 0) is 23.6 Å². The van der Waals surface area contributed by atoms with Crippen molar-refractivity contribution in [3.05, 3.63) is 33.8 Å². The van der Waals surface area contributed by atoms with E-state index in [0.29, 0.717) is 13.0 Å². The predicted molar refractivity (Wildman–Crippen MR) is 56.1 cm³/mol. The average Bonchev–Trinajstić information content (AvgIpc) is 2.17. The maximum atomic E-state index is 10.8. The molecule has 1 aromatic rings. The number of nitrogens with one attached hydrogen (secondary N) is 1. The molecule has 74 valence electrons. The van der Waals surface area contributed by atoms with Crippen LogP contribution in [0.4, 0.5) is 0 Å². The minimum atomic E-state index is -0.782. The lowest BCUT2D eigenvalue weighted by Gasteiger charge is -2.23. The minimum absolute atomic E-state index is 0.447. The molecule has 4 heteroatoms. The fraction of sp³-hybridized carbons (Fsp3) is 0.300. The molecule has 0 aromatic heterocycles. The molecule has 0 aliphatic carbocycles. The number of fused-ring (bicyclic) bond motifs is 1. The van der Waals surface area contributed by atoms with E-state index in [2.05, 4.69) is 21.2 Å². The van der Waals surface area contributed by atoms with Crippen molar-refractivity contribution >= 4 is 21.9 Å². The van der Waals surface area contributed by atoms with Crippen molar-refractivity contribution in [1.82, 2.24) is 5.32 Å². The molecule has 3 nitrogen and oxygen atoms in total. The maximum Gasteiger partial charge on any atom is 0.321 e. The van der Waals surface area contributed by atoms with E-state index < -0.39 is 12.0 Å². The summed E-state index contributed by atoms with van der Waals surface area (Å²) in [4.78, 5) is 10.8. The van der Waals surface area contributed by atoms with Crippen molar-refractivity contribution in [3.63, 3.8) is 0 Å². The highest BCUT2D eigenvalue weighted by Crippen LogP contribution is 2.24. The number of aliphatic carboxylic acids is 1. The van der Waals surface area contributed by atoms with E-state index in [1.807, 2.05) is 18.2 Å². The number of hydrogen-bond acceptors (Lipinski definition) is 2. The fourth-order valence-corrected chi connectivity index (χ4v) is 2.23. The first-order chi connectivity index (χ1) is 6.68. The molecule has 2 N–H and O–H groups in total. The van der Waals surface area contributed by atoms with Crippen molar-refractivity contribution in [3.8, 4) is 0 Å². The van der Waals surface area contributed by atoms with E-state index >= 15 is 0 Å². The molecule has 1 atom stereocenters. The summed E-state index contributed by atoms with van der Waals surface area (Å²) in [6, 6.07) is 5.45. The molecule has 1 aliphatic heterocycles. The molecule has 0 fully saturated rings. The van der Waals surface area contributed by atoms with Gasteiger partial charge in [0.15, 0.2) is 0 Å². The molecule has 14 heavy (non-hydrogen) atoms. The molecule has 1 aromatic carbocycles. The van der Waals surface area contributed by atoms with Crippen molar-refractivity contribution in [1.29, 1.82) is 0 Å². The Kier molecular flexibility index (Phi) is 2.56. The van der Waals surface area contributed by atoms with Crippen LogP contribution in [-0.4, -0.2) is 17.1 Å². The highest BCUT2D eigenvalue weighted by atomic mass is 79.9. The lowest BCUT2D eigenvalue weighted by Crippen LogP contribution is -2.41. The van der Waals surface area contributed by atoms with Crippen LogP contribution in [0.3, 0.4) is 0 Å². The lowest BCUT2D eigenvalue weighted by molar-refractivity contribution is -0.139. The van der Waals surface area contributed by atoms with E-state index in [4.69, 9.17) is 5.11 Å². The largest absolute Gasteiger partial charge is 0.480 e. The van der Waals surface area contributed by atoms with Crippen LogP contribution < -0.4 is 5.32 Å². The van der Waals surface area contributed by atoms with E-state index in [9.17, 15) is 4.79 Å². The van der Waals surface area contributed by atoms with Gasteiger partial charge in [-0.1, -0.05) is 28.1 Å². The van der Waals surface area contributed by atoms with Crippen molar-refractivity contribution in [2.75, 3.05) is 0 Å². The Balaban J connectivity index is 2.31. The Bertz CT molecular complexity index is 378. The SMILES string of the molecule is O=C(O)C1Cc2cccc(Br)c2CN1. The normalized spacial score (nSPS) is 20.2. The minimum Gasteiger partial charge on any atom is -0.480 e. The first-order valence-corrected chi connectivity index (χ1v) is 5.20. The smallest absolute Gasteiger partial charge is 0.321 e. The molecule has 0 bridgehead atoms. The number of hydrogen-bond donors (Lipinski definition) is 2. The predicted octanol–water partition coefficient (Wildman–Crippen LogP) is 1.55. The number of benzene rings is 1. The van der Waals surface area contributed by atoms with Gasteiger partial charge in [-0.2, -0.15) is 0 Å². The molecule has 0 saturated carbocycles. The molecule has 0 amide bonds. The summed E-state index contributed by atoms with van der Waals surface area (Å²) < 4.78 is 1.05. The van der Waals surface area contributed by atoms with Gasteiger partial charge in [0.05, 0.1) is 0 Å². The molecule has 0 saturated heterocycles. The Labute approximate surface area is 90.3 Å². The Morgan fingerprint density at radius 3 is 3.07 bits per heavy atom. The van der Waals surface area contributed by atoms with Crippen LogP contribution >= 0.6 is 15.9 Å². The van der Waals surface area contributed by atoms with Crippen LogP contribution in [0.5, 0.6) is 0 Å². The molecule has 0 radical (unpaired) electrons. The van der Waals surface area contributed by atoms with Gasteiger partial charge in [-0.15, -0.1) is 0 Å². The summed E-state index contributed by atoms with van der Waals surface area (Å²) in [5, 5.41) is 11.8. The zero-order valence-corrected chi connectivity index (χ0v) is 9.04. The first-order valence-electron chi connectivity index (χ1n) is 4.41. The second-order valence-corrected chi connectivity index (χ2v) is 4.21. The third kappa shape index (κ3) is 1.67. The number of carbonyl (C=O) groups is 1. The average molecular weight is 256 g/mol. The van der Waals surface area contributed by atoms with Crippen molar-refractivity contribution < 1.29 is 9.90 Å². The standard InChI is InChI=1S/C10H10BrNO2/c11-8-3-1-2-6-4-9(10(13)14)12-5-7(6)8/h1-3,9,12H,4-5H2,(H,13,14). The monoisotopic (exact) mass is 255 g/mol. The summed E-state index contributed by atoms with van der Waals surface area (Å²) in [5.41, 5.74) is 2.29. The summed E-state index contributed by atoms with van der Waals surface area (Å²) in [7, 11) is 0. The van der Waals surface area contributed by atoms with Crippen LogP contribution in [0, 0.1) is 0 Å². The summed E-state index contributed by atoms with van der Waals surface area (Å²) in [6.45, 7) is 0.619. The summed E-state index contributed by atoms with van der Waals surface area (Å²) >= 11 is 3.45. The van der Waals surface area contributed by atoms with Crippen LogP contribution in [0.15, 0.2) is 22.7 Å². The summed E-state index contributed by atoms with van der Waals surface area (Å²) in [5.74, 6) is -0.782. The lowest BCUT2D eigenvalue weighted by atomic mass is 9.96. The van der Waals surface area contributed by atoms with Gasteiger partial charge in [-0.25, -0.2) is 0 Å². The molecular weight excluding hydrogens is 246 g/mol. The zero-order valence-electron chi connectivity index (χ0n) is 7.46. The Morgan fingerprint density at radius 2 is 2.36 bits per heavy atom.